The van der Waals surface area contributed by atoms with Gasteiger partial charge in [-0.05, 0) is 61.4 Å². The van der Waals surface area contributed by atoms with Crippen molar-refractivity contribution in [1.29, 1.82) is 0 Å². The van der Waals surface area contributed by atoms with Crippen LogP contribution in [0.2, 0.25) is 0 Å². The lowest BCUT2D eigenvalue weighted by atomic mass is 10.0. The minimum Gasteiger partial charge on any atom is -0.508 e. The van der Waals surface area contributed by atoms with Crippen LogP contribution in [0.25, 0.3) is 0 Å². The predicted octanol–water partition coefficient (Wildman–Crippen LogP) is 4.00. The van der Waals surface area contributed by atoms with Crippen LogP contribution in [0.15, 0.2) is 42.5 Å². The van der Waals surface area contributed by atoms with Crippen LogP contribution in [0.1, 0.15) is 41.5 Å². The topological polar surface area (TPSA) is 40.5 Å². The third kappa shape index (κ3) is 4.16. The first-order chi connectivity index (χ1) is 11.6. The Labute approximate surface area is 143 Å². The second kappa shape index (κ2) is 7.52. The van der Waals surface area contributed by atoms with E-state index < -0.39 is 0 Å². The molecule has 0 unspecified atom stereocenters. The van der Waals surface area contributed by atoms with Crippen LogP contribution in [0.4, 0.5) is 0 Å². The van der Waals surface area contributed by atoms with E-state index in [4.69, 9.17) is 0 Å². The number of rotatable bonds is 4. The Bertz CT molecular complexity index is 706. The number of phenols is 1. The maximum Gasteiger partial charge on any atom is 0.222 e. The summed E-state index contributed by atoms with van der Waals surface area (Å²) in [7, 11) is 0. The van der Waals surface area contributed by atoms with Gasteiger partial charge < -0.3 is 10.0 Å². The summed E-state index contributed by atoms with van der Waals surface area (Å²) in [6.45, 7) is 3.56. The molecule has 3 nitrogen and oxygen atoms in total. The monoisotopic (exact) mass is 323 g/mol. The van der Waals surface area contributed by atoms with Crippen molar-refractivity contribution in [1.82, 2.24) is 4.90 Å². The summed E-state index contributed by atoms with van der Waals surface area (Å²) in [5.74, 6) is 0.551. The van der Waals surface area contributed by atoms with Crippen LogP contribution in [0.3, 0.4) is 0 Å². The Morgan fingerprint density at radius 1 is 1.12 bits per heavy atom. The zero-order valence-corrected chi connectivity index (χ0v) is 14.3. The Morgan fingerprint density at radius 2 is 1.92 bits per heavy atom. The van der Waals surface area contributed by atoms with E-state index >= 15 is 0 Å². The molecule has 24 heavy (non-hydrogen) atoms. The maximum atomic E-state index is 12.5. The van der Waals surface area contributed by atoms with Gasteiger partial charge in [0.2, 0.25) is 5.91 Å². The lowest BCUT2D eigenvalue weighted by Crippen LogP contribution is -2.30. The van der Waals surface area contributed by atoms with Gasteiger partial charge in [-0.15, -0.1) is 0 Å². The summed E-state index contributed by atoms with van der Waals surface area (Å²) in [5, 5.41) is 9.62. The molecule has 0 saturated heterocycles. The van der Waals surface area contributed by atoms with Gasteiger partial charge in [0.05, 0.1) is 0 Å². The minimum atomic E-state index is 0.239. The maximum absolute atomic E-state index is 12.5. The highest BCUT2D eigenvalue weighted by molar-refractivity contribution is 5.76. The van der Waals surface area contributed by atoms with Crippen LogP contribution >= 0.6 is 0 Å². The van der Waals surface area contributed by atoms with Crippen molar-refractivity contribution in [2.24, 2.45) is 0 Å². The number of carbonyl (C=O) groups excluding carboxylic acids is 1. The molecule has 0 spiro atoms. The number of hydrogen-bond donors (Lipinski definition) is 1. The molecule has 0 saturated carbocycles. The van der Waals surface area contributed by atoms with Crippen molar-refractivity contribution in [3.8, 4) is 5.75 Å². The highest BCUT2D eigenvalue weighted by atomic mass is 16.3. The number of hydrogen-bond acceptors (Lipinski definition) is 2. The van der Waals surface area contributed by atoms with Crippen LogP contribution in [0, 0.1) is 6.92 Å². The van der Waals surface area contributed by atoms with Gasteiger partial charge in [0.15, 0.2) is 0 Å². The number of phenolic OH excluding ortho intramolecular Hbond substituents is 1. The van der Waals surface area contributed by atoms with Crippen LogP contribution in [-0.2, 0) is 24.2 Å². The largest absolute Gasteiger partial charge is 0.508 e. The summed E-state index contributed by atoms with van der Waals surface area (Å²) < 4.78 is 0. The Morgan fingerprint density at radius 3 is 2.71 bits per heavy atom. The van der Waals surface area contributed by atoms with Crippen LogP contribution < -0.4 is 0 Å². The zero-order chi connectivity index (χ0) is 16.9. The smallest absolute Gasteiger partial charge is 0.222 e. The van der Waals surface area contributed by atoms with E-state index in [1.54, 1.807) is 6.07 Å². The van der Waals surface area contributed by atoms with Gasteiger partial charge in [0.1, 0.15) is 5.75 Å². The number of benzene rings is 2. The molecule has 1 aliphatic heterocycles. The lowest BCUT2D eigenvalue weighted by molar-refractivity contribution is -0.131. The van der Waals surface area contributed by atoms with E-state index in [1.807, 2.05) is 17.0 Å². The fourth-order valence-corrected chi connectivity index (χ4v) is 3.31. The lowest BCUT2D eigenvalue weighted by Gasteiger charge is -2.21. The number of aryl methyl sites for hydroxylation is 3. The molecule has 1 aliphatic rings. The molecular formula is C21H25NO2. The van der Waals surface area contributed by atoms with E-state index in [0.29, 0.717) is 18.7 Å². The number of aromatic hydroxyl groups is 1. The molecule has 1 N–H and O–H groups in total. The quantitative estimate of drug-likeness (QED) is 0.924. The highest BCUT2D eigenvalue weighted by Crippen LogP contribution is 2.23. The van der Waals surface area contributed by atoms with E-state index in [0.717, 1.165) is 37.8 Å². The van der Waals surface area contributed by atoms with E-state index in [1.165, 1.54) is 16.7 Å². The van der Waals surface area contributed by atoms with Crippen molar-refractivity contribution in [3.63, 3.8) is 0 Å². The highest BCUT2D eigenvalue weighted by Gasteiger charge is 2.18. The second-order valence-corrected chi connectivity index (χ2v) is 6.71. The fraction of sp³-hybridized carbons (Fsp3) is 0.381. The zero-order valence-electron chi connectivity index (χ0n) is 14.3. The average molecular weight is 323 g/mol. The minimum absolute atomic E-state index is 0.239. The first kappa shape index (κ1) is 16.6. The molecule has 0 aliphatic carbocycles. The molecule has 126 valence electrons. The third-order valence-electron chi connectivity index (χ3n) is 4.75. The second-order valence-electron chi connectivity index (χ2n) is 6.71. The van der Waals surface area contributed by atoms with E-state index in [-0.39, 0.29) is 5.91 Å². The van der Waals surface area contributed by atoms with Gasteiger partial charge >= 0.3 is 0 Å². The van der Waals surface area contributed by atoms with Crippen molar-refractivity contribution in [2.75, 3.05) is 6.54 Å². The molecule has 0 atom stereocenters. The molecule has 0 aromatic heterocycles. The summed E-state index contributed by atoms with van der Waals surface area (Å²) in [4.78, 5) is 14.5. The van der Waals surface area contributed by atoms with Crippen molar-refractivity contribution in [3.05, 3.63) is 64.7 Å². The molecule has 0 fully saturated rings. The third-order valence-corrected chi connectivity index (χ3v) is 4.75. The fourth-order valence-electron chi connectivity index (χ4n) is 3.31. The van der Waals surface area contributed by atoms with Crippen LogP contribution in [0.5, 0.6) is 5.75 Å². The molecule has 3 rings (SSSR count). The summed E-state index contributed by atoms with van der Waals surface area (Å²) >= 11 is 0. The number of nitrogens with zero attached hydrogens (tertiary/aromatic N) is 1. The summed E-state index contributed by atoms with van der Waals surface area (Å²) in [6.07, 6.45) is 4.32. The van der Waals surface area contributed by atoms with Gasteiger partial charge in [-0.25, -0.2) is 0 Å². The van der Waals surface area contributed by atoms with Crippen molar-refractivity contribution in [2.45, 2.75) is 45.6 Å². The van der Waals surface area contributed by atoms with E-state index in [2.05, 4.69) is 31.2 Å². The van der Waals surface area contributed by atoms with Crippen molar-refractivity contribution < 1.29 is 9.90 Å². The molecule has 2 aromatic rings. The SMILES string of the molecule is Cc1ccc(CCCC(=O)N2CCCc3cc(O)ccc3C2)cc1. The number of carbonyl (C=O) groups is 1. The normalized spacial score (nSPS) is 14.1. The van der Waals surface area contributed by atoms with Gasteiger partial charge in [-0.3, -0.25) is 4.79 Å². The number of fused-ring (bicyclic) bond motifs is 1. The van der Waals surface area contributed by atoms with E-state index in [9.17, 15) is 9.90 Å². The summed E-state index contributed by atoms with van der Waals surface area (Å²) in [6, 6.07) is 14.0. The number of amides is 1. The molecule has 2 aromatic carbocycles. The Kier molecular flexibility index (Phi) is 5.19. The van der Waals surface area contributed by atoms with Gasteiger partial charge in [-0.2, -0.15) is 0 Å². The Hall–Kier alpha value is -2.29. The molecule has 0 bridgehead atoms. The standard InChI is InChI=1S/C21H25NO2/c1-16-7-9-17(10-8-16)4-2-6-21(24)22-13-3-5-18-14-20(23)12-11-19(18)15-22/h7-12,14,23H,2-6,13,15H2,1H3. The molecule has 0 radical (unpaired) electrons. The molecular weight excluding hydrogens is 298 g/mol. The summed E-state index contributed by atoms with van der Waals surface area (Å²) in [5.41, 5.74) is 4.90. The van der Waals surface area contributed by atoms with Gasteiger partial charge in [0.25, 0.3) is 0 Å². The van der Waals surface area contributed by atoms with Gasteiger partial charge in [0, 0.05) is 19.5 Å². The first-order valence-electron chi connectivity index (χ1n) is 8.76. The molecule has 1 amide bonds. The molecule has 3 heteroatoms. The average Bonchev–Trinajstić information content (AvgIpc) is 2.78. The predicted molar refractivity (Wildman–Crippen MR) is 96.0 cm³/mol. The van der Waals surface area contributed by atoms with Crippen LogP contribution in [-0.4, -0.2) is 22.5 Å². The molecule has 1 heterocycles. The Balaban J connectivity index is 1.55. The van der Waals surface area contributed by atoms with Crippen molar-refractivity contribution >= 4 is 5.91 Å². The van der Waals surface area contributed by atoms with Gasteiger partial charge in [-0.1, -0.05) is 35.9 Å². The first-order valence-corrected chi connectivity index (χ1v) is 8.76.